The maximum absolute atomic E-state index is 11.3. The quantitative estimate of drug-likeness (QED) is 0.811. The van der Waals surface area contributed by atoms with E-state index >= 15 is 0 Å². The number of aliphatic carboxylic acids is 1. The summed E-state index contributed by atoms with van der Waals surface area (Å²) in [6.45, 7) is 0.541. The van der Waals surface area contributed by atoms with Crippen LogP contribution in [-0.4, -0.2) is 46.1 Å². The van der Waals surface area contributed by atoms with Crippen molar-refractivity contribution in [2.24, 2.45) is 5.73 Å². The van der Waals surface area contributed by atoms with Crippen molar-refractivity contribution in [3.8, 4) is 0 Å². The van der Waals surface area contributed by atoms with Gasteiger partial charge >= 0.3 is 5.97 Å². The zero-order chi connectivity index (χ0) is 13.1. The maximum atomic E-state index is 11.3. The Bertz CT molecular complexity index is 480. The lowest BCUT2D eigenvalue weighted by atomic mass is 10.2. The van der Waals surface area contributed by atoms with Gasteiger partial charge in [-0.05, 0) is 12.1 Å². The molecule has 2 rings (SSSR count). The van der Waals surface area contributed by atoms with Gasteiger partial charge in [-0.2, -0.15) is 11.8 Å². The van der Waals surface area contributed by atoms with Gasteiger partial charge in [0, 0.05) is 24.2 Å². The second-order valence-electron chi connectivity index (χ2n) is 3.86. The Morgan fingerprint density at radius 2 is 2.33 bits per heavy atom. The minimum atomic E-state index is -0.914. The highest BCUT2D eigenvalue weighted by molar-refractivity contribution is 7.99. The van der Waals surface area contributed by atoms with Gasteiger partial charge in [0.05, 0.1) is 5.56 Å². The Balaban J connectivity index is 2.39. The molecule has 0 saturated carbocycles. The summed E-state index contributed by atoms with van der Waals surface area (Å²) in [6, 6.07) is 2.50. The lowest BCUT2D eigenvalue weighted by molar-refractivity contribution is -0.138. The molecule has 0 aromatic carbocycles. The predicted molar refractivity (Wildman–Crippen MR) is 68.8 cm³/mol. The van der Waals surface area contributed by atoms with Gasteiger partial charge in [-0.25, -0.2) is 9.78 Å². The number of nitrogens with zero attached hydrogens (tertiary/aromatic N) is 2. The molecule has 1 unspecified atom stereocenters. The van der Waals surface area contributed by atoms with Crippen LogP contribution in [-0.2, 0) is 4.79 Å². The number of hydrogen-bond acceptors (Lipinski definition) is 5. The minimum absolute atomic E-state index is 0.260. The molecule has 1 fully saturated rings. The van der Waals surface area contributed by atoms with Crippen LogP contribution >= 0.6 is 11.8 Å². The summed E-state index contributed by atoms with van der Waals surface area (Å²) in [5.41, 5.74) is 5.54. The molecule has 1 aromatic heterocycles. The van der Waals surface area contributed by atoms with Crippen LogP contribution in [0.3, 0.4) is 0 Å². The molecule has 1 saturated heterocycles. The van der Waals surface area contributed by atoms with E-state index in [-0.39, 0.29) is 5.56 Å². The standard InChI is InChI=1S/C11H13N3O3S/c12-9(15)7-2-1-3-13-10(7)14-4-5-18-6-8(14)11(16)17/h1-3,8H,4-6H2,(H2,12,15)(H,16,17). The van der Waals surface area contributed by atoms with E-state index in [4.69, 9.17) is 5.73 Å². The summed E-state index contributed by atoms with van der Waals surface area (Å²) in [5, 5.41) is 9.20. The summed E-state index contributed by atoms with van der Waals surface area (Å²) in [5.74, 6) is 0.129. The molecule has 96 valence electrons. The molecule has 18 heavy (non-hydrogen) atoms. The average molecular weight is 267 g/mol. The third-order valence-corrected chi connectivity index (χ3v) is 3.76. The van der Waals surface area contributed by atoms with Crippen molar-refractivity contribution in [2.75, 3.05) is 23.0 Å². The Morgan fingerprint density at radius 1 is 1.56 bits per heavy atom. The van der Waals surface area contributed by atoms with E-state index in [9.17, 15) is 14.7 Å². The van der Waals surface area contributed by atoms with Gasteiger partial charge in [-0.3, -0.25) is 4.79 Å². The topological polar surface area (TPSA) is 96.5 Å². The average Bonchev–Trinajstić information content (AvgIpc) is 2.38. The Kier molecular flexibility index (Phi) is 3.71. The number of rotatable bonds is 3. The number of nitrogens with two attached hydrogens (primary N) is 1. The van der Waals surface area contributed by atoms with Crippen molar-refractivity contribution in [3.05, 3.63) is 23.9 Å². The van der Waals surface area contributed by atoms with E-state index in [0.717, 1.165) is 5.75 Å². The zero-order valence-electron chi connectivity index (χ0n) is 9.57. The van der Waals surface area contributed by atoms with Crippen molar-refractivity contribution in [1.29, 1.82) is 0 Å². The molecule has 0 spiro atoms. The lowest BCUT2D eigenvalue weighted by Crippen LogP contribution is -2.48. The highest BCUT2D eigenvalue weighted by atomic mass is 32.2. The molecule has 1 aliphatic rings. The molecule has 0 radical (unpaired) electrons. The Hall–Kier alpha value is -1.76. The first kappa shape index (κ1) is 12.7. The van der Waals surface area contributed by atoms with Crippen molar-refractivity contribution in [3.63, 3.8) is 0 Å². The fraction of sp³-hybridized carbons (Fsp3) is 0.364. The fourth-order valence-electron chi connectivity index (χ4n) is 1.88. The van der Waals surface area contributed by atoms with Gasteiger partial charge in [0.25, 0.3) is 5.91 Å². The Morgan fingerprint density at radius 3 is 3.00 bits per heavy atom. The van der Waals surface area contributed by atoms with Crippen LogP contribution in [0.5, 0.6) is 0 Å². The van der Waals surface area contributed by atoms with Gasteiger partial charge in [0.1, 0.15) is 11.9 Å². The van der Waals surface area contributed by atoms with Crippen LogP contribution in [0.2, 0.25) is 0 Å². The number of hydrogen-bond donors (Lipinski definition) is 2. The highest BCUT2D eigenvalue weighted by Gasteiger charge is 2.31. The molecule has 2 heterocycles. The SMILES string of the molecule is NC(=O)c1cccnc1N1CCSCC1C(=O)O. The van der Waals surface area contributed by atoms with Crippen molar-refractivity contribution in [2.45, 2.75) is 6.04 Å². The number of thioether (sulfide) groups is 1. The molecular formula is C11H13N3O3S. The zero-order valence-corrected chi connectivity index (χ0v) is 10.4. The van der Waals surface area contributed by atoms with E-state index in [0.29, 0.717) is 18.1 Å². The van der Waals surface area contributed by atoms with Gasteiger partial charge in [0.15, 0.2) is 0 Å². The number of amides is 1. The number of carboxylic acids is 1. The minimum Gasteiger partial charge on any atom is -0.480 e. The molecule has 3 N–H and O–H groups in total. The molecule has 1 atom stereocenters. The molecule has 0 aliphatic carbocycles. The molecule has 6 nitrogen and oxygen atoms in total. The third-order valence-electron chi connectivity index (χ3n) is 2.74. The largest absolute Gasteiger partial charge is 0.480 e. The summed E-state index contributed by atoms with van der Waals surface area (Å²) in [4.78, 5) is 28.3. The molecule has 1 aromatic rings. The van der Waals surface area contributed by atoms with Gasteiger partial charge in [-0.1, -0.05) is 0 Å². The number of carbonyl (C=O) groups excluding carboxylic acids is 1. The van der Waals surface area contributed by atoms with Crippen LogP contribution in [0, 0.1) is 0 Å². The second kappa shape index (κ2) is 5.26. The number of anilines is 1. The molecule has 1 aliphatic heterocycles. The molecular weight excluding hydrogens is 254 g/mol. The number of pyridine rings is 1. The normalized spacial score (nSPS) is 19.6. The highest BCUT2D eigenvalue weighted by Crippen LogP contribution is 2.25. The summed E-state index contributed by atoms with van der Waals surface area (Å²) >= 11 is 1.58. The van der Waals surface area contributed by atoms with E-state index in [1.54, 1.807) is 28.8 Å². The van der Waals surface area contributed by atoms with E-state index < -0.39 is 17.9 Å². The number of carbonyl (C=O) groups is 2. The number of carboxylic acid groups (broad SMARTS) is 1. The summed E-state index contributed by atoms with van der Waals surface area (Å²) < 4.78 is 0. The number of primary amides is 1. The van der Waals surface area contributed by atoms with Crippen molar-refractivity contribution in [1.82, 2.24) is 4.98 Å². The first-order valence-electron chi connectivity index (χ1n) is 5.43. The van der Waals surface area contributed by atoms with Crippen LogP contribution in [0.1, 0.15) is 10.4 Å². The van der Waals surface area contributed by atoms with Gasteiger partial charge in [0.2, 0.25) is 0 Å². The van der Waals surface area contributed by atoms with E-state index in [1.165, 1.54) is 6.20 Å². The third kappa shape index (κ3) is 2.40. The monoisotopic (exact) mass is 267 g/mol. The van der Waals surface area contributed by atoms with E-state index in [2.05, 4.69) is 4.98 Å². The van der Waals surface area contributed by atoms with Gasteiger partial charge < -0.3 is 15.7 Å². The maximum Gasteiger partial charge on any atom is 0.327 e. The first-order valence-corrected chi connectivity index (χ1v) is 6.58. The fourth-order valence-corrected chi connectivity index (χ4v) is 2.92. The van der Waals surface area contributed by atoms with Crippen molar-refractivity contribution >= 4 is 29.5 Å². The lowest BCUT2D eigenvalue weighted by Gasteiger charge is -2.34. The summed E-state index contributed by atoms with van der Waals surface area (Å²) in [6.07, 6.45) is 1.53. The van der Waals surface area contributed by atoms with Gasteiger partial charge in [-0.15, -0.1) is 0 Å². The van der Waals surface area contributed by atoms with Crippen molar-refractivity contribution < 1.29 is 14.7 Å². The van der Waals surface area contributed by atoms with Crippen LogP contribution < -0.4 is 10.6 Å². The Labute approximate surface area is 108 Å². The van der Waals surface area contributed by atoms with Crippen LogP contribution in [0.4, 0.5) is 5.82 Å². The smallest absolute Gasteiger partial charge is 0.327 e. The van der Waals surface area contributed by atoms with Crippen LogP contribution in [0.15, 0.2) is 18.3 Å². The number of aromatic nitrogens is 1. The molecule has 0 bridgehead atoms. The van der Waals surface area contributed by atoms with E-state index in [1.807, 2.05) is 0 Å². The summed E-state index contributed by atoms with van der Waals surface area (Å²) in [7, 11) is 0. The van der Waals surface area contributed by atoms with Crippen LogP contribution in [0.25, 0.3) is 0 Å². The molecule has 7 heteroatoms. The second-order valence-corrected chi connectivity index (χ2v) is 5.01. The molecule has 1 amide bonds. The first-order chi connectivity index (χ1) is 8.61. The predicted octanol–water partition coefficient (Wildman–Crippen LogP) is 0.187.